The van der Waals surface area contributed by atoms with E-state index in [4.69, 9.17) is 5.11 Å². The standard InChI is InChI=1S/C11H12N4O2/c1-7-3-4-8(2)9(5-7)15-13-10(12-14-15)6-11(16)17/h3-5H,6H2,1-2H3,(H,16,17). The molecule has 6 heteroatoms. The molecular formula is C11H12N4O2. The van der Waals surface area contributed by atoms with Crippen LogP contribution in [-0.4, -0.2) is 31.3 Å². The SMILES string of the molecule is Cc1ccc(C)c(-n2nnc(CC(=O)O)n2)c1. The molecule has 0 bridgehead atoms. The Morgan fingerprint density at radius 2 is 2.18 bits per heavy atom. The van der Waals surface area contributed by atoms with E-state index < -0.39 is 5.97 Å². The molecule has 1 aromatic heterocycles. The molecule has 2 rings (SSSR count). The predicted molar refractivity (Wildman–Crippen MR) is 60.0 cm³/mol. The average Bonchev–Trinajstić information content (AvgIpc) is 2.69. The Balaban J connectivity index is 2.36. The topological polar surface area (TPSA) is 80.9 Å². The van der Waals surface area contributed by atoms with Gasteiger partial charge in [-0.15, -0.1) is 15.0 Å². The fourth-order valence-corrected chi connectivity index (χ4v) is 1.49. The first-order valence-electron chi connectivity index (χ1n) is 5.14. The summed E-state index contributed by atoms with van der Waals surface area (Å²) in [5, 5.41) is 20.2. The van der Waals surface area contributed by atoms with Crippen molar-refractivity contribution in [2.24, 2.45) is 0 Å². The fourth-order valence-electron chi connectivity index (χ4n) is 1.49. The first-order chi connectivity index (χ1) is 8.06. The van der Waals surface area contributed by atoms with Crippen molar-refractivity contribution in [3.8, 4) is 5.69 Å². The number of carboxylic acids is 1. The van der Waals surface area contributed by atoms with Gasteiger partial charge in [-0.25, -0.2) is 0 Å². The molecule has 0 amide bonds. The zero-order chi connectivity index (χ0) is 12.4. The number of hydrogen-bond donors (Lipinski definition) is 1. The van der Waals surface area contributed by atoms with Gasteiger partial charge in [0.2, 0.25) is 0 Å². The van der Waals surface area contributed by atoms with Crippen LogP contribution in [0, 0.1) is 13.8 Å². The van der Waals surface area contributed by atoms with E-state index in [1.807, 2.05) is 32.0 Å². The molecular weight excluding hydrogens is 220 g/mol. The van der Waals surface area contributed by atoms with Gasteiger partial charge in [0, 0.05) is 0 Å². The molecule has 0 saturated heterocycles. The van der Waals surface area contributed by atoms with Crippen LogP contribution in [0.5, 0.6) is 0 Å². The van der Waals surface area contributed by atoms with Crippen LogP contribution in [0.3, 0.4) is 0 Å². The smallest absolute Gasteiger partial charge is 0.311 e. The summed E-state index contributed by atoms with van der Waals surface area (Å²) in [5.41, 5.74) is 2.91. The molecule has 6 nitrogen and oxygen atoms in total. The van der Waals surface area contributed by atoms with E-state index in [9.17, 15) is 4.79 Å². The number of carbonyl (C=O) groups is 1. The van der Waals surface area contributed by atoms with Crippen molar-refractivity contribution < 1.29 is 9.90 Å². The average molecular weight is 232 g/mol. The summed E-state index contributed by atoms with van der Waals surface area (Å²) in [7, 11) is 0. The first kappa shape index (κ1) is 11.3. The molecule has 1 heterocycles. The number of hydrogen-bond acceptors (Lipinski definition) is 4. The van der Waals surface area contributed by atoms with Crippen LogP contribution >= 0.6 is 0 Å². The molecule has 0 spiro atoms. The van der Waals surface area contributed by atoms with E-state index in [2.05, 4.69) is 15.4 Å². The van der Waals surface area contributed by atoms with Crippen LogP contribution in [0.25, 0.3) is 5.69 Å². The molecule has 0 aliphatic rings. The largest absolute Gasteiger partial charge is 0.481 e. The number of aliphatic carboxylic acids is 1. The quantitative estimate of drug-likeness (QED) is 0.850. The van der Waals surface area contributed by atoms with Gasteiger partial charge >= 0.3 is 5.97 Å². The number of benzene rings is 1. The summed E-state index contributed by atoms with van der Waals surface area (Å²) >= 11 is 0. The molecule has 0 saturated carbocycles. The van der Waals surface area contributed by atoms with Crippen molar-refractivity contribution in [2.75, 3.05) is 0 Å². The molecule has 2 aromatic rings. The lowest BCUT2D eigenvalue weighted by Crippen LogP contribution is -2.04. The summed E-state index contributed by atoms with van der Waals surface area (Å²) in [4.78, 5) is 11.9. The van der Waals surface area contributed by atoms with E-state index in [-0.39, 0.29) is 12.2 Å². The Morgan fingerprint density at radius 1 is 1.41 bits per heavy atom. The third-order valence-corrected chi connectivity index (χ3v) is 2.34. The van der Waals surface area contributed by atoms with E-state index in [1.54, 1.807) is 0 Å². The zero-order valence-electron chi connectivity index (χ0n) is 9.58. The van der Waals surface area contributed by atoms with Crippen LogP contribution in [0.1, 0.15) is 17.0 Å². The molecule has 0 radical (unpaired) electrons. The molecule has 0 aliphatic carbocycles. The van der Waals surface area contributed by atoms with Crippen molar-refractivity contribution >= 4 is 5.97 Å². The first-order valence-corrected chi connectivity index (χ1v) is 5.14. The Bertz CT molecular complexity index is 562. The number of aromatic nitrogens is 4. The molecule has 0 atom stereocenters. The van der Waals surface area contributed by atoms with E-state index >= 15 is 0 Å². The number of aryl methyl sites for hydroxylation is 2. The minimum atomic E-state index is -0.967. The highest BCUT2D eigenvalue weighted by Crippen LogP contribution is 2.13. The molecule has 0 unspecified atom stereocenters. The van der Waals surface area contributed by atoms with E-state index in [0.717, 1.165) is 16.8 Å². The fraction of sp³-hybridized carbons (Fsp3) is 0.273. The zero-order valence-corrected chi connectivity index (χ0v) is 9.58. The summed E-state index contributed by atoms with van der Waals surface area (Å²) in [5.74, 6) is -0.760. The maximum Gasteiger partial charge on any atom is 0.311 e. The Labute approximate surface area is 97.9 Å². The lowest BCUT2D eigenvalue weighted by Gasteiger charge is -2.03. The van der Waals surface area contributed by atoms with Crippen LogP contribution < -0.4 is 0 Å². The third-order valence-electron chi connectivity index (χ3n) is 2.34. The summed E-state index contributed by atoms with van der Waals surface area (Å²) in [6.07, 6.45) is -0.217. The van der Waals surface area contributed by atoms with Gasteiger partial charge in [-0.2, -0.15) is 0 Å². The molecule has 0 fully saturated rings. The lowest BCUT2D eigenvalue weighted by atomic mass is 10.1. The second-order valence-electron chi connectivity index (χ2n) is 3.86. The predicted octanol–water partition coefficient (Wildman–Crippen LogP) is 0.906. The van der Waals surface area contributed by atoms with Crippen molar-refractivity contribution in [1.82, 2.24) is 20.2 Å². The van der Waals surface area contributed by atoms with E-state index in [0.29, 0.717) is 0 Å². The van der Waals surface area contributed by atoms with Crippen LogP contribution in [0.2, 0.25) is 0 Å². The lowest BCUT2D eigenvalue weighted by molar-refractivity contribution is -0.136. The molecule has 17 heavy (non-hydrogen) atoms. The summed E-state index contributed by atoms with van der Waals surface area (Å²) < 4.78 is 0. The van der Waals surface area contributed by atoms with Gasteiger partial charge in [0.05, 0.1) is 5.69 Å². The number of rotatable bonds is 3. The monoisotopic (exact) mass is 232 g/mol. The van der Waals surface area contributed by atoms with Gasteiger partial charge < -0.3 is 5.11 Å². The minimum absolute atomic E-state index is 0.207. The molecule has 0 aliphatic heterocycles. The summed E-state index contributed by atoms with van der Waals surface area (Å²) in [6, 6.07) is 5.89. The van der Waals surface area contributed by atoms with Crippen LogP contribution in [-0.2, 0) is 11.2 Å². The minimum Gasteiger partial charge on any atom is -0.481 e. The second kappa shape index (κ2) is 4.32. The molecule has 1 aromatic carbocycles. The van der Waals surface area contributed by atoms with E-state index in [1.165, 1.54) is 4.80 Å². The van der Waals surface area contributed by atoms with Crippen LogP contribution in [0.4, 0.5) is 0 Å². The summed E-state index contributed by atoms with van der Waals surface area (Å²) in [6.45, 7) is 3.91. The third kappa shape index (κ3) is 2.47. The van der Waals surface area contributed by atoms with Gasteiger partial charge in [0.15, 0.2) is 5.82 Å². The van der Waals surface area contributed by atoms with Crippen molar-refractivity contribution in [3.63, 3.8) is 0 Å². The van der Waals surface area contributed by atoms with Gasteiger partial charge in [-0.3, -0.25) is 4.79 Å². The molecule has 88 valence electrons. The van der Waals surface area contributed by atoms with Gasteiger partial charge in [-0.1, -0.05) is 12.1 Å². The Hall–Kier alpha value is -2.24. The van der Waals surface area contributed by atoms with Gasteiger partial charge in [-0.05, 0) is 36.3 Å². The highest BCUT2D eigenvalue weighted by molar-refractivity contribution is 5.68. The van der Waals surface area contributed by atoms with Gasteiger partial charge in [0.1, 0.15) is 6.42 Å². The van der Waals surface area contributed by atoms with Crippen molar-refractivity contribution in [1.29, 1.82) is 0 Å². The highest BCUT2D eigenvalue weighted by Gasteiger charge is 2.10. The Kier molecular flexibility index (Phi) is 2.86. The Morgan fingerprint density at radius 3 is 2.88 bits per heavy atom. The number of tetrazole rings is 1. The highest BCUT2D eigenvalue weighted by atomic mass is 16.4. The van der Waals surface area contributed by atoms with Crippen molar-refractivity contribution in [3.05, 3.63) is 35.2 Å². The maximum absolute atomic E-state index is 10.5. The normalized spacial score (nSPS) is 10.5. The number of carboxylic acid groups (broad SMARTS) is 1. The van der Waals surface area contributed by atoms with Crippen LogP contribution in [0.15, 0.2) is 18.2 Å². The number of nitrogens with zero attached hydrogens (tertiary/aromatic N) is 4. The maximum atomic E-state index is 10.5. The second-order valence-corrected chi connectivity index (χ2v) is 3.86. The molecule has 1 N–H and O–H groups in total. The van der Waals surface area contributed by atoms with Gasteiger partial charge in [0.25, 0.3) is 0 Å². The van der Waals surface area contributed by atoms with Crippen molar-refractivity contribution in [2.45, 2.75) is 20.3 Å².